The van der Waals surface area contributed by atoms with Crippen LogP contribution in [0.2, 0.25) is 0 Å². The number of fused-ring (bicyclic) bond motifs is 5. The molecular formula is C17H22BrNO. The van der Waals surface area contributed by atoms with Crippen LogP contribution in [-0.4, -0.2) is 14.2 Å². The lowest BCUT2D eigenvalue weighted by Crippen LogP contribution is -2.22. The topological polar surface area (TPSA) is 21.3 Å². The number of rotatable bonds is 4. The van der Waals surface area contributed by atoms with Crippen molar-refractivity contribution in [3.63, 3.8) is 0 Å². The number of ether oxygens (including phenoxy) is 1. The van der Waals surface area contributed by atoms with Crippen LogP contribution in [0.25, 0.3) is 0 Å². The van der Waals surface area contributed by atoms with Crippen molar-refractivity contribution in [2.24, 2.45) is 29.6 Å². The highest BCUT2D eigenvalue weighted by Crippen LogP contribution is 2.72. The number of hydrogen-bond donors (Lipinski definition) is 1. The van der Waals surface area contributed by atoms with Gasteiger partial charge in [-0.1, -0.05) is 22.0 Å². The van der Waals surface area contributed by atoms with Gasteiger partial charge in [0.2, 0.25) is 0 Å². The van der Waals surface area contributed by atoms with Gasteiger partial charge in [0.05, 0.1) is 7.11 Å². The van der Waals surface area contributed by atoms with E-state index in [1.54, 1.807) is 7.11 Å². The van der Waals surface area contributed by atoms with E-state index in [1.807, 2.05) is 0 Å². The molecule has 2 nitrogen and oxygen atoms in total. The predicted molar refractivity (Wildman–Crippen MR) is 83.8 cm³/mol. The standard InChI is InChI=1S/C17H22BrNO/c1-19-17(12-6-5-11(20-2)8-13(12)18)16-14-9-3-4-10(7-9)15(14)16/h5-6,8-10,14-17,19H,3-4,7H2,1-2H3. The van der Waals surface area contributed by atoms with Crippen LogP contribution in [-0.2, 0) is 0 Å². The average molecular weight is 336 g/mol. The summed E-state index contributed by atoms with van der Waals surface area (Å²) in [5, 5.41) is 3.59. The lowest BCUT2D eigenvalue weighted by atomic mass is 9.93. The summed E-state index contributed by atoms with van der Waals surface area (Å²) in [5.41, 5.74) is 1.40. The molecule has 0 saturated heterocycles. The summed E-state index contributed by atoms with van der Waals surface area (Å²) in [6.07, 6.45) is 4.50. The van der Waals surface area contributed by atoms with E-state index in [-0.39, 0.29) is 0 Å². The third kappa shape index (κ3) is 1.79. The van der Waals surface area contributed by atoms with Crippen molar-refractivity contribution >= 4 is 15.9 Å². The first-order valence-corrected chi connectivity index (χ1v) is 8.54. The molecule has 3 saturated carbocycles. The summed E-state index contributed by atoms with van der Waals surface area (Å²) in [6, 6.07) is 6.89. The van der Waals surface area contributed by atoms with Crippen molar-refractivity contribution in [2.45, 2.75) is 25.3 Å². The summed E-state index contributed by atoms with van der Waals surface area (Å²) in [5.74, 6) is 5.84. The van der Waals surface area contributed by atoms with Gasteiger partial charge >= 0.3 is 0 Å². The van der Waals surface area contributed by atoms with Gasteiger partial charge < -0.3 is 10.1 Å². The fraction of sp³-hybridized carbons (Fsp3) is 0.647. The average Bonchev–Trinajstić information content (AvgIpc) is 2.88. The van der Waals surface area contributed by atoms with Crippen LogP contribution < -0.4 is 10.1 Å². The minimum absolute atomic E-state index is 0.494. The summed E-state index contributed by atoms with van der Waals surface area (Å²) < 4.78 is 6.48. The lowest BCUT2D eigenvalue weighted by molar-refractivity contribution is 0.383. The van der Waals surface area contributed by atoms with Crippen molar-refractivity contribution in [1.82, 2.24) is 5.32 Å². The Morgan fingerprint density at radius 3 is 2.50 bits per heavy atom. The van der Waals surface area contributed by atoms with Gasteiger partial charge in [-0.15, -0.1) is 0 Å². The van der Waals surface area contributed by atoms with Gasteiger partial charge in [-0.3, -0.25) is 0 Å². The Labute approximate surface area is 129 Å². The van der Waals surface area contributed by atoms with Crippen LogP contribution in [0, 0.1) is 29.6 Å². The van der Waals surface area contributed by atoms with E-state index in [4.69, 9.17) is 4.74 Å². The van der Waals surface area contributed by atoms with Gasteiger partial charge in [0.15, 0.2) is 0 Å². The second-order valence-corrected chi connectivity index (χ2v) is 7.57. The van der Waals surface area contributed by atoms with Crippen LogP contribution in [0.4, 0.5) is 0 Å². The summed E-state index contributed by atoms with van der Waals surface area (Å²) in [7, 11) is 3.83. The van der Waals surface area contributed by atoms with Gasteiger partial charge in [0.25, 0.3) is 0 Å². The molecule has 0 heterocycles. The Hall–Kier alpha value is -0.540. The molecule has 0 aliphatic heterocycles. The monoisotopic (exact) mass is 335 g/mol. The number of nitrogens with one attached hydrogen (secondary N) is 1. The molecule has 3 aliphatic rings. The van der Waals surface area contributed by atoms with Crippen LogP contribution in [0.1, 0.15) is 30.9 Å². The highest BCUT2D eigenvalue weighted by molar-refractivity contribution is 9.10. The summed E-state index contributed by atoms with van der Waals surface area (Å²) >= 11 is 3.73. The second kappa shape index (κ2) is 4.74. The minimum Gasteiger partial charge on any atom is -0.497 e. The largest absolute Gasteiger partial charge is 0.497 e. The molecule has 108 valence electrons. The maximum absolute atomic E-state index is 5.31. The van der Waals surface area contributed by atoms with Crippen LogP contribution in [0.5, 0.6) is 5.75 Å². The van der Waals surface area contributed by atoms with E-state index in [0.29, 0.717) is 6.04 Å². The molecule has 1 aromatic carbocycles. The van der Waals surface area contributed by atoms with Crippen molar-refractivity contribution in [2.75, 3.05) is 14.2 Å². The minimum atomic E-state index is 0.494. The molecule has 4 rings (SSSR count). The molecule has 3 fully saturated rings. The molecule has 1 aromatic rings. The van der Waals surface area contributed by atoms with Crippen LogP contribution >= 0.6 is 15.9 Å². The van der Waals surface area contributed by atoms with Crippen molar-refractivity contribution in [1.29, 1.82) is 0 Å². The second-order valence-electron chi connectivity index (χ2n) is 6.72. The van der Waals surface area contributed by atoms with Crippen LogP contribution in [0.15, 0.2) is 22.7 Å². The molecule has 3 heteroatoms. The zero-order valence-corrected chi connectivity index (χ0v) is 13.7. The van der Waals surface area contributed by atoms with Gasteiger partial charge in [-0.25, -0.2) is 0 Å². The van der Waals surface area contributed by atoms with Gasteiger partial charge in [-0.05, 0) is 73.6 Å². The Morgan fingerprint density at radius 1 is 1.25 bits per heavy atom. The van der Waals surface area contributed by atoms with E-state index in [1.165, 1.54) is 29.3 Å². The zero-order valence-electron chi connectivity index (χ0n) is 12.1. The number of hydrogen-bond acceptors (Lipinski definition) is 2. The van der Waals surface area contributed by atoms with Gasteiger partial charge in [0, 0.05) is 10.5 Å². The third-order valence-electron chi connectivity index (χ3n) is 6.03. The Morgan fingerprint density at radius 2 is 1.95 bits per heavy atom. The molecule has 0 amide bonds. The Kier molecular flexibility index (Phi) is 3.11. The lowest BCUT2D eigenvalue weighted by Gasteiger charge is -2.22. The predicted octanol–water partition coefficient (Wildman–Crippen LogP) is 4.01. The Balaban J connectivity index is 1.60. The first-order chi connectivity index (χ1) is 9.74. The molecule has 20 heavy (non-hydrogen) atoms. The maximum Gasteiger partial charge on any atom is 0.120 e. The van der Waals surface area contributed by atoms with Crippen molar-refractivity contribution < 1.29 is 4.74 Å². The SMILES string of the molecule is CNC(c1ccc(OC)cc1Br)C1C2C3CCC(C3)C21. The zero-order chi connectivity index (χ0) is 13.9. The smallest absolute Gasteiger partial charge is 0.120 e. The first kappa shape index (κ1) is 13.1. The number of benzene rings is 1. The number of halogens is 1. The normalized spacial score (nSPS) is 38.6. The summed E-state index contributed by atoms with van der Waals surface area (Å²) in [4.78, 5) is 0. The first-order valence-electron chi connectivity index (χ1n) is 7.75. The van der Waals surface area contributed by atoms with E-state index in [9.17, 15) is 0 Å². The van der Waals surface area contributed by atoms with Crippen molar-refractivity contribution in [3.8, 4) is 5.75 Å². The van der Waals surface area contributed by atoms with Gasteiger partial charge in [-0.2, -0.15) is 0 Å². The fourth-order valence-electron chi connectivity index (χ4n) is 5.28. The molecule has 2 bridgehead atoms. The highest BCUT2D eigenvalue weighted by atomic mass is 79.9. The van der Waals surface area contributed by atoms with Gasteiger partial charge in [0.1, 0.15) is 5.75 Å². The Bertz CT molecular complexity index is 516. The van der Waals surface area contributed by atoms with Crippen molar-refractivity contribution in [3.05, 3.63) is 28.2 Å². The molecule has 5 unspecified atom stereocenters. The molecule has 3 aliphatic carbocycles. The molecule has 0 radical (unpaired) electrons. The third-order valence-corrected chi connectivity index (χ3v) is 6.72. The summed E-state index contributed by atoms with van der Waals surface area (Å²) in [6.45, 7) is 0. The van der Waals surface area contributed by atoms with Crippen LogP contribution in [0.3, 0.4) is 0 Å². The molecule has 5 atom stereocenters. The van der Waals surface area contributed by atoms with E-state index < -0.39 is 0 Å². The van der Waals surface area contributed by atoms with E-state index in [2.05, 4.69) is 46.5 Å². The van der Waals surface area contributed by atoms with E-state index >= 15 is 0 Å². The number of methoxy groups -OCH3 is 1. The molecule has 0 spiro atoms. The quantitative estimate of drug-likeness (QED) is 0.897. The molecular weight excluding hydrogens is 314 g/mol. The highest BCUT2D eigenvalue weighted by Gasteiger charge is 2.66. The molecule has 1 N–H and O–H groups in total. The maximum atomic E-state index is 5.31. The van der Waals surface area contributed by atoms with E-state index in [0.717, 1.165) is 35.3 Å². The molecule has 0 aromatic heterocycles. The fourth-order valence-corrected chi connectivity index (χ4v) is 5.89.